The molecule has 0 amide bonds. The summed E-state index contributed by atoms with van der Waals surface area (Å²) in [5.41, 5.74) is 2.40. The zero-order valence-corrected chi connectivity index (χ0v) is 23.7. The molecule has 2 aromatic rings. The fourth-order valence-electron chi connectivity index (χ4n) is 3.42. The molecule has 0 heterocycles. The number of hydrogen-bond acceptors (Lipinski definition) is 4. The van der Waals surface area contributed by atoms with E-state index in [4.69, 9.17) is 9.47 Å². The molecule has 0 fully saturated rings. The highest BCUT2D eigenvalue weighted by molar-refractivity contribution is 6.01. The van der Waals surface area contributed by atoms with Gasteiger partial charge in [0.1, 0.15) is 0 Å². The van der Waals surface area contributed by atoms with Gasteiger partial charge in [-0.05, 0) is 99.6 Å². The van der Waals surface area contributed by atoms with Gasteiger partial charge in [0.15, 0.2) is 5.41 Å². The fraction of sp³-hybridized carbons (Fsp3) is 0.371. The Bertz CT molecular complexity index is 1250. The average molecular weight is 521 g/mol. The Labute approximate surface area is 233 Å². The Balaban J connectivity index is 2.34. The normalized spacial score (nSPS) is 10.1. The molecule has 0 N–H and O–H groups in total. The molecular weight excluding hydrogens is 484 g/mol. The summed E-state index contributed by atoms with van der Waals surface area (Å²) in [6.07, 6.45) is 0.759. The van der Waals surface area contributed by atoms with Crippen molar-refractivity contribution in [1.82, 2.24) is 0 Å². The third-order valence-corrected chi connectivity index (χ3v) is 5.69. The summed E-state index contributed by atoms with van der Waals surface area (Å²) in [6.45, 7) is 11.1. The summed E-state index contributed by atoms with van der Waals surface area (Å²) in [4.78, 5) is 26.5. The third kappa shape index (κ3) is 10.1. The zero-order valence-electron chi connectivity index (χ0n) is 23.7. The van der Waals surface area contributed by atoms with E-state index in [1.165, 1.54) is 11.1 Å². The first kappa shape index (κ1) is 30.8. The van der Waals surface area contributed by atoms with Crippen molar-refractivity contribution in [2.75, 3.05) is 0 Å². The molecular formula is C35H36O4. The predicted molar refractivity (Wildman–Crippen MR) is 155 cm³/mol. The molecule has 0 spiro atoms. The molecule has 0 saturated carbocycles. The first-order chi connectivity index (χ1) is 18.7. The lowest BCUT2D eigenvalue weighted by molar-refractivity contribution is -0.176. The Kier molecular flexibility index (Phi) is 12.5. The van der Waals surface area contributed by atoms with Gasteiger partial charge in [0.05, 0.1) is 12.2 Å². The molecule has 0 radical (unpaired) electrons. The standard InChI is InChI=1S/C35H36O4/c1-7-29-17-21-31(22-18-29)15-11-9-13-25-35(33(36)38-27(3)4,34(37)39-28(5)6)26-14-10-12-16-32-23-19-30(8-2)20-24-32/h17-24,27-28H,7-8,25-26H2,1-6H3. The number of carbonyl (C=O) groups excluding carboxylic acids is 2. The molecule has 0 aliphatic carbocycles. The van der Waals surface area contributed by atoms with E-state index in [0.29, 0.717) is 0 Å². The van der Waals surface area contributed by atoms with Crippen molar-refractivity contribution in [2.24, 2.45) is 5.41 Å². The van der Waals surface area contributed by atoms with E-state index in [1.54, 1.807) is 27.7 Å². The van der Waals surface area contributed by atoms with Crippen LogP contribution in [-0.2, 0) is 31.9 Å². The van der Waals surface area contributed by atoms with Crippen LogP contribution in [0, 0.1) is 52.8 Å². The van der Waals surface area contributed by atoms with E-state index in [1.807, 2.05) is 48.5 Å². The second kappa shape index (κ2) is 15.8. The molecule has 0 aliphatic rings. The number of ether oxygens (including phenoxy) is 2. The van der Waals surface area contributed by atoms with Crippen LogP contribution >= 0.6 is 0 Å². The monoisotopic (exact) mass is 520 g/mol. The first-order valence-corrected chi connectivity index (χ1v) is 13.3. The van der Waals surface area contributed by atoms with E-state index >= 15 is 0 Å². The molecule has 39 heavy (non-hydrogen) atoms. The molecule has 0 atom stereocenters. The van der Waals surface area contributed by atoms with Gasteiger partial charge in [0.25, 0.3) is 0 Å². The van der Waals surface area contributed by atoms with Gasteiger partial charge in [0, 0.05) is 24.0 Å². The van der Waals surface area contributed by atoms with Crippen molar-refractivity contribution in [2.45, 2.75) is 79.4 Å². The quantitative estimate of drug-likeness (QED) is 0.247. The van der Waals surface area contributed by atoms with Crippen molar-refractivity contribution in [1.29, 1.82) is 0 Å². The highest BCUT2D eigenvalue weighted by Crippen LogP contribution is 2.31. The number of hydrogen-bond donors (Lipinski definition) is 0. The molecule has 0 aliphatic heterocycles. The van der Waals surface area contributed by atoms with E-state index in [0.717, 1.165) is 24.0 Å². The van der Waals surface area contributed by atoms with Crippen LogP contribution in [-0.4, -0.2) is 24.1 Å². The molecule has 200 valence electrons. The SMILES string of the molecule is CCc1ccc(C#CC#CCC(CC#CC#Cc2ccc(CC)cc2)(C(=O)OC(C)C)C(=O)OC(C)C)cc1. The van der Waals surface area contributed by atoms with E-state index in [9.17, 15) is 9.59 Å². The minimum Gasteiger partial charge on any atom is -0.462 e. The van der Waals surface area contributed by atoms with Gasteiger partial charge in [-0.1, -0.05) is 61.8 Å². The average Bonchev–Trinajstić information content (AvgIpc) is 2.91. The van der Waals surface area contributed by atoms with Gasteiger partial charge in [-0.15, -0.1) is 0 Å². The molecule has 0 bridgehead atoms. The second-order valence-corrected chi connectivity index (χ2v) is 9.55. The lowest BCUT2D eigenvalue weighted by atomic mass is 9.81. The summed E-state index contributed by atoms with van der Waals surface area (Å²) in [7, 11) is 0. The maximum atomic E-state index is 13.3. The maximum Gasteiger partial charge on any atom is 0.325 e. The summed E-state index contributed by atoms with van der Waals surface area (Å²) < 4.78 is 10.9. The van der Waals surface area contributed by atoms with Gasteiger partial charge in [-0.25, -0.2) is 0 Å². The first-order valence-electron chi connectivity index (χ1n) is 13.3. The maximum absolute atomic E-state index is 13.3. The molecule has 0 unspecified atom stereocenters. The molecule has 2 aromatic carbocycles. The van der Waals surface area contributed by atoms with E-state index in [-0.39, 0.29) is 12.8 Å². The minimum atomic E-state index is -1.72. The predicted octanol–water partition coefficient (Wildman–Crippen LogP) is 5.89. The Morgan fingerprint density at radius 3 is 1.31 bits per heavy atom. The Morgan fingerprint density at radius 2 is 1.00 bits per heavy atom. The topological polar surface area (TPSA) is 52.6 Å². The van der Waals surface area contributed by atoms with Crippen molar-refractivity contribution in [3.8, 4) is 47.4 Å². The Morgan fingerprint density at radius 1 is 0.641 bits per heavy atom. The summed E-state index contributed by atoms with van der Waals surface area (Å²) in [6, 6.07) is 15.8. The van der Waals surface area contributed by atoms with Crippen molar-refractivity contribution >= 4 is 11.9 Å². The second-order valence-electron chi connectivity index (χ2n) is 9.55. The summed E-state index contributed by atoms with van der Waals surface area (Å²) in [5.74, 6) is 21.4. The highest BCUT2D eigenvalue weighted by Gasteiger charge is 2.49. The van der Waals surface area contributed by atoms with Gasteiger partial charge in [0.2, 0.25) is 0 Å². The van der Waals surface area contributed by atoms with Crippen LogP contribution in [0.4, 0.5) is 0 Å². The van der Waals surface area contributed by atoms with Crippen LogP contribution in [0.2, 0.25) is 0 Å². The van der Waals surface area contributed by atoms with Crippen LogP contribution in [0.1, 0.15) is 76.6 Å². The van der Waals surface area contributed by atoms with E-state index < -0.39 is 29.6 Å². The van der Waals surface area contributed by atoms with E-state index in [2.05, 4.69) is 61.2 Å². The van der Waals surface area contributed by atoms with Crippen molar-refractivity contribution in [3.05, 3.63) is 70.8 Å². The lowest BCUT2D eigenvalue weighted by Gasteiger charge is -2.27. The van der Waals surface area contributed by atoms with Crippen molar-refractivity contribution in [3.63, 3.8) is 0 Å². The fourth-order valence-corrected chi connectivity index (χ4v) is 3.42. The molecule has 4 heteroatoms. The van der Waals surface area contributed by atoms with Crippen LogP contribution in [0.5, 0.6) is 0 Å². The number of rotatable bonds is 8. The van der Waals surface area contributed by atoms with Gasteiger partial charge in [-0.3, -0.25) is 9.59 Å². The largest absolute Gasteiger partial charge is 0.462 e. The van der Waals surface area contributed by atoms with Crippen LogP contribution < -0.4 is 0 Å². The smallest absolute Gasteiger partial charge is 0.325 e. The summed E-state index contributed by atoms with van der Waals surface area (Å²) in [5, 5.41) is 0. The van der Waals surface area contributed by atoms with Crippen molar-refractivity contribution < 1.29 is 19.1 Å². The molecule has 2 rings (SSSR count). The Hall–Kier alpha value is -4.38. The summed E-state index contributed by atoms with van der Waals surface area (Å²) >= 11 is 0. The third-order valence-electron chi connectivity index (χ3n) is 5.69. The van der Waals surface area contributed by atoms with Crippen LogP contribution in [0.15, 0.2) is 48.5 Å². The molecule has 0 saturated heterocycles. The van der Waals surface area contributed by atoms with Gasteiger partial charge < -0.3 is 9.47 Å². The number of esters is 2. The molecule has 0 aromatic heterocycles. The minimum absolute atomic E-state index is 0.145. The zero-order chi connectivity index (χ0) is 28.7. The van der Waals surface area contributed by atoms with Crippen LogP contribution in [0.25, 0.3) is 0 Å². The number of aryl methyl sites for hydroxylation is 2. The molecule has 4 nitrogen and oxygen atoms in total. The highest BCUT2D eigenvalue weighted by atomic mass is 16.6. The van der Waals surface area contributed by atoms with Crippen LogP contribution in [0.3, 0.4) is 0 Å². The number of benzene rings is 2. The van der Waals surface area contributed by atoms with Gasteiger partial charge in [-0.2, -0.15) is 0 Å². The lowest BCUT2D eigenvalue weighted by Crippen LogP contribution is -2.43. The van der Waals surface area contributed by atoms with Gasteiger partial charge >= 0.3 is 11.9 Å². The number of carbonyl (C=O) groups is 2.